The lowest BCUT2D eigenvalue weighted by molar-refractivity contribution is 0.0698. The van der Waals surface area contributed by atoms with Gasteiger partial charge in [0.15, 0.2) is 0 Å². The number of rotatable bonds is 3. The van der Waals surface area contributed by atoms with E-state index >= 15 is 0 Å². The number of amides is 1. The first-order chi connectivity index (χ1) is 9.49. The Kier molecular flexibility index (Phi) is 3.95. The smallest absolute Gasteiger partial charge is 0.339 e. The summed E-state index contributed by atoms with van der Waals surface area (Å²) >= 11 is 5.77. The SMILES string of the molecule is O=C(Nc1cccc(Cl)c1C(=O)O)c1cncc(F)c1. The van der Waals surface area contributed by atoms with Crippen molar-refractivity contribution in [3.8, 4) is 0 Å². The number of pyridine rings is 1. The van der Waals surface area contributed by atoms with Gasteiger partial charge in [0.1, 0.15) is 11.4 Å². The maximum Gasteiger partial charge on any atom is 0.339 e. The van der Waals surface area contributed by atoms with E-state index < -0.39 is 17.7 Å². The third-order valence-electron chi connectivity index (χ3n) is 2.44. The molecule has 0 saturated carbocycles. The average molecular weight is 295 g/mol. The van der Waals surface area contributed by atoms with E-state index in [4.69, 9.17) is 16.7 Å². The van der Waals surface area contributed by atoms with Crippen LogP contribution < -0.4 is 5.32 Å². The minimum atomic E-state index is -1.27. The summed E-state index contributed by atoms with van der Waals surface area (Å²) in [5.41, 5.74) is -0.229. The molecule has 0 radical (unpaired) electrons. The van der Waals surface area contributed by atoms with E-state index in [0.717, 1.165) is 12.3 Å². The van der Waals surface area contributed by atoms with Crippen LogP contribution in [0.5, 0.6) is 0 Å². The molecule has 0 saturated heterocycles. The van der Waals surface area contributed by atoms with Gasteiger partial charge in [-0.05, 0) is 18.2 Å². The fourth-order valence-corrected chi connectivity index (χ4v) is 1.83. The van der Waals surface area contributed by atoms with E-state index in [2.05, 4.69) is 10.3 Å². The number of halogens is 2. The number of aromatic nitrogens is 1. The van der Waals surface area contributed by atoms with Crippen LogP contribution in [0.25, 0.3) is 0 Å². The Bertz CT molecular complexity index is 691. The second-order valence-corrected chi connectivity index (χ2v) is 4.22. The van der Waals surface area contributed by atoms with Crippen LogP contribution in [0, 0.1) is 5.82 Å². The molecule has 1 aromatic carbocycles. The second-order valence-electron chi connectivity index (χ2n) is 3.81. The van der Waals surface area contributed by atoms with Gasteiger partial charge in [-0.25, -0.2) is 9.18 Å². The Morgan fingerprint density at radius 2 is 2.05 bits per heavy atom. The monoisotopic (exact) mass is 294 g/mol. The van der Waals surface area contributed by atoms with Crippen molar-refractivity contribution in [3.05, 3.63) is 58.6 Å². The first-order valence-corrected chi connectivity index (χ1v) is 5.80. The van der Waals surface area contributed by atoms with E-state index in [9.17, 15) is 14.0 Å². The summed E-state index contributed by atoms with van der Waals surface area (Å²) in [6, 6.07) is 5.27. The van der Waals surface area contributed by atoms with Crippen molar-refractivity contribution >= 4 is 29.2 Å². The number of carboxylic acid groups (broad SMARTS) is 1. The highest BCUT2D eigenvalue weighted by Crippen LogP contribution is 2.24. The van der Waals surface area contributed by atoms with Gasteiger partial charge in [0.2, 0.25) is 0 Å². The lowest BCUT2D eigenvalue weighted by atomic mass is 10.1. The van der Waals surface area contributed by atoms with Gasteiger partial charge in [-0.2, -0.15) is 0 Å². The van der Waals surface area contributed by atoms with E-state index in [-0.39, 0.29) is 21.8 Å². The highest BCUT2D eigenvalue weighted by atomic mass is 35.5. The summed E-state index contributed by atoms with van der Waals surface area (Å²) in [5.74, 6) is -2.62. The Hall–Kier alpha value is -2.47. The maximum absolute atomic E-state index is 13.0. The molecule has 0 aliphatic heterocycles. The lowest BCUT2D eigenvalue weighted by Crippen LogP contribution is -2.15. The van der Waals surface area contributed by atoms with Gasteiger partial charge >= 0.3 is 5.97 Å². The second kappa shape index (κ2) is 5.66. The normalized spacial score (nSPS) is 10.1. The molecule has 5 nitrogen and oxygen atoms in total. The molecule has 2 N–H and O–H groups in total. The molecule has 1 amide bonds. The first kappa shape index (κ1) is 14.0. The molecule has 0 bridgehead atoms. The molecule has 0 atom stereocenters. The third kappa shape index (κ3) is 2.92. The van der Waals surface area contributed by atoms with Crippen LogP contribution in [0.15, 0.2) is 36.7 Å². The Morgan fingerprint density at radius 3 is 2.70 bits per heavy atom. The quantitative estimate of drug-likeness (QED) is 0.912. The molecular weight excluding hydrogens is 287 g/mol. The number of nitrogens with one attached hydrogen (secondary N) is 1. The van der Waals surface area contributed by atoms with Crippen molar-refractivity contribution in [3.63, 3.8) is 0 Å². The zero-order chi connectivity index (χ0) is 14.7. The van der Waals surface area contributed by atoms with Crippen LogP contribution in [-0.4, -0.2) is 22.0 Å². The van der Waals surface area contributed by atoms with E-state index in [1.165, 1.54) is 24.4 Å². The molecule has 0 aliphatic rings. The topological polar surface area (TPSA) is 79.3 Å². The van der Waals surface area contributed by atoms with Crippen molar-refractivity contribution in [2.75, 3.05) is 5.32 Å². The molecule has 1 heterocycles. The van der Waals surface area contributed by atoms with Crippen molar-refractivity contribution in [1.29, 1.82) is 0 Å². The lowest BCUT2D eigenvalue weighted by Gasteiger charge is -2.09. The van der Waals surface area contributed by atoms with Crippen LogP contribution in [0.3, 0.4) is 0 Å². The van der Waals surface area contributed by atoms with Crippen molar-refractivity contribution in [2.24, 2.45) is 0 Å². The molecular formula is C13H8ClFN2O3. The third-order valence-corrected chi connectivity index (χ3v) is 2.76. The first-order valence-electron chi connectivity index (χ1n) is 5.42. The molecule has 0 spiro atoms. The summed E-state index contributed by atoms with van der Waals surface area (Å²) in [6.07, 6.45) is 2.13. The van der Waals surface area contributed by atoms with Gasteiger partial charge in [-0.1, -0.05) is 17.7 Å². The number of anilines is 1. The van der Waals surface area contributed by atoms with Crippen molar-refractivity contribution in [1.82, 2.24) is 4.98 Å². The van der Waals surface area contributed by atoms with Crippen LogP contribution in [0.2, 0.25) is 5.02 Å². The molecule has 0 unspecified atom stereocenters. The summed E-state index contributed by atoms with van der Waals surface area (Å²) < 4.78 is 13.0. The predicted molar refractivity (Wildman–Crippen MR) is 70.6 cm³/mol. The Balaban J connectivity index is 2.33. The number of carbonyl (C=O) groups excluding carboxylic acids is 1. The van der Waals surface area contributed by atoms with Gasteiger partial charge in [-0.15, -0.1) is 0 Å². The molecule has 2 rings (SSSR count). The Morgan fingerprint density at radius 1 is 1.30 bits per heavy atom. The average Bonchev–Trinajstić information content (AvgIpc) is 2.38. The number of hydrogen-bond donors (Lipinski definition) is 2. The Labute approximate surface area is 118 Å². The van der Waals surface area contributed by atoms with Gasteiger partial charge < -0.3 is 10.4 Å². The summed E-state index contributed by atoms with van der Waals surface area (Å²) in [5, 5.41) is 11.4. The number of hydrogen-bond acceptors (Lipinski definition) is 3. The molecule has 1 aromatic heterocycles. The predicted octanol–water partition coefficient (Wildman–Crippen LogP) is 2.82. The maximum atomic E-state index is 13.0. The molecule has 20 heavy (non-hydrogen) atoms. The largest absolute Gasteiger partial charge is 0.478 e. The highest BCUT2D eigenvalue weighted by Gasteiger charge is 2.17. The van der Waals surface area contributed by atoms with Crippen LogP contribution in [0.1, 0.15) is 20.7 Å². The minimum Gasteiger partial charge on any atom is -0.478 e. The van der Waals surface area contributed by atoms with Crippen LogP contribution in [0.4, 0.5) is 10.1 Å². The van der Waals surface area contributed by atoms with Gasteiger partial charge in [0, 0.05) is 6.20 Å². The van der Waals surface area contributed by atoms with Crippen LogP contribution >= 0.6 is 11.6 Å². The van der Waals surface area contributed by atoms with Crippen molar-refractivity contribution < 1.29 is 19.1 Å². The number of aromatic carboxylic acids is 1. The van der Waals surface area contributed by atoms with Crippen LogP contribution in [-0.2, 0) is 0 Å². The zero-order valence-electron chi connectivity index (χ0n) is 9.93. The molecule has 0 fully saturated rings. The van der Waals surface area contributed by atoms with Gasteiger partial charge in [0.05, 0.1) is 22.5 Å². The van der Waals surface area contributed by atoms with Gasteiger partial charge in [0.25, 0.3) is 5.91 Å². The van der Waals surface area contributed by atoms with E-state index in [0.29, 0.717) is 0 Å². The molecule has 0 aliphatic carbocycles. The fraction of sp³-hybridized carbons (Fsp3) is 0. The van der Waals surface area contributed by atoms with E-state index in [1.807, 2.05) is 0 Å². The summed E-state index contributed by atoms with van der Waals surface area (Å²) in [6.45, 7) is 0. The summed E-state index contributed by atoms with van der Waals surface area (Å²) in [7, 11) is 0. The number of carbonyl (C=O) groups is 2. The summed E-state index contributed by atoms with van der Waals surface area (Å²) in [4.78, 5) is 26.5. The van der Waals surface area contributed by atoms with Gasteiger partial charge in [-0.3, -0.25) is 9.78 Å². The minimum absolute atomic E-state index is 0.00679. The number of carboxylic acids is 1. The molecule has 7 heteroatoms. The molecule has 102 valence electrons. The number of nitrogens with zero attached hydrogens (tertiary/aromatic N) is 1. The van der Waals surface area contributed by atoms with Crippen molar-refractivity contribution in [2.45, 2.75) is 0 Å². The standard InChI is InChI=1S/C13H8ClFN2O3/c14-9-2-1-3-10(11(9)13(19)20)17-12(18)7-4-8(15)6-16-5-7/h1-6H,(H,17,18)(H,19,20). The zero-order valence-corrected chi connectivity index (χ0v) is 10.7. The fourth-order valence-electron chi connectivity index (χ4n) is 1.58. The molecule has 2 aromatic rings. The highest BCUT2D eigenvalue weighted by molar-refractivity contribution is 6.34. The number of benzene rings is 1. The van der Waals surface area contributed by atoms with E-state index in [1.54, 1.807) is 0 Å².